The lowest BCUT2D eigenvalue weighted by molar-refractivity contribution is -0.126. The van der Waals surface area contributed by atoms with Crippen LogP contribution in [0.2, 0.25) is 0 Å². The number of rotatable bonds is 5. The number of hydrogen-bond acceptors (Lipinski definition) is 4. The summed E-state index contributed by atoms with van der Waals surface area (Å²) in [6.07, 6.45) is 6.23. The monoisotopic (exact) mass is 436 g/mol. The quantitative estimate of drug-likeness (QED) is 0.515. The van der Waals surface area contributed by atoms with E-state index in [1.54, 1.807) is 23.5 Å². The average Bonchev–Trinajstić information content (AvgIpc) is 3.30. The summed E-state index contributed by atoms with van der Waals surface area (Å²) in [5.74, 6) is -0.471. The van der Waals surface area contributed by atoms with Gasteiger partial charge in [-0.15, -0.1) is 0 Å². The number of fused-ring (bicyclic) bond motifs is 1. The summed E-state index contributed by atoms with van der Waals surface area (Å²) in [4.78, 5) is 36.4. The van der Waals surface area contributed by atoms with Crippen LogP contribution >= 0.6 is 0 Å². The molecule has 1 saturated heterocycles. The van der Waals surface area contributed by atoms with Crippen molar-refractivity contribution < 1.29 is 9.59 Å². The largest absolute Gasteiger partial charge is 0.369 e. The van der Waals surface area contributed by atoms with Crippen LogP contribution in [0.5, 0.6) is 0 Å². The summed E-state index contributed by atoms with van der Waals surface area (Å²) in [7, 11) is 0. The predicted molar refractivity (Wildman–Crippen MR) is 127 cm³/mol. The number of benzene rings is 2. The Bertz CT molecular complexity index is 1330. The summed E-state index contributed by atoms with van der Waals surface area (Å²) in [6.45, 7) is 0.776. The summed E-state index contributed by atoms with van der Waals surface area (Å²) >= 11 is 0. The maximum Gasteiger partial charge on any atom is 0.254 e. The molecule has 2 aromatic carbocycles. The Morgan fingerprint density at radius 2 is 1.76 bits per heavy atom. The molecule has 33 heavy (non-hydrogen) atoms. The van der Waals surface area contributed by atoms with Crippen molar-refractivity contribution in [3.8, 4) is 11.1 Å². The minimum atomic E-state index is -0.818. The third kappa shape index (κ3) is 3.84. The van der Waals surface area contributed by atoms with Crippen molar-refractivity contribution in [2.45, 2.75) is 12.8 Å². The summed E-state index contributed by atoms with van der Waals surface area (Å²) in [5, 5.41) is 0.810. The fourth-order valence-electron chi connectivity index (χ4n) is 4.79. The molecule has 0 saturated carbocycles. The minimum absolute atomic E-state index is 0.0980. The fourth-order valence-corrected chi connectivity index (χ4v) is 4.79. The first-order valence-corrected chi connectivity index (χ1v) is 11.0. The minimum Gasteiger partial charge on any atom is -0.369 e. The highest BCUT2D eigenvalue weighted by Crippen LogP contribution is 2.38. The van der Waals surface area contributed by atoms with E-state index in [4.69, 9.17) is 5.73 Å². The third-order valence-electron chi connectivity index (χ3n) is 6.58. The number of primary amides is 1. The molecule has 1 fully saturated rings. The molecule has 1 unspecified atom stereocenters. The number of amides is 2. The molecule has 164 valence electrons. The van der Waals surface area contributed by atoms with E-state index >= 15 is 0 Å². The number of nitrogens with two attached hydrogens (primary N) is 1. The van der Waals surface area contributed by atoms with Gasteiger partial charge in [0.15, 0.2) is 0 Å². The number of pyridine rings is 2. The molecular formula is C27H24N4O2. The maximum atomic E-state index is 13.5. The van der Waals surface area contributed by atoms with Gasteiger partial charge in [-0.3, -0.25) is 19.6 Å². The Balaban J connectivity index is 1.45. The number of nitrogens with zero attached hydrogens (tertiary/aromatic N) is 3. The first-order chi connectivity index (χ1) is 16.1. The molecule has 1 aliphatic rings. The van der Waals surface area contributed by atoms with E-state index < -0.39 is 5.41 Å². The van der Waals surface area contributed by atoms with Crippen molar-refractivity contribution in [3.05, 3.63) is 96.4 Å². The molecule has 4 aromatic rings. The second-order valence-electron chi connectivity index (χ2n) is 8.57. The molecule has 0 spiro atoms. The van der Waals surface area contributed by atoms with Crippen LogP contribution in [-0.4, -0.2) is 39.8 Å². The van der Waals surface area contributed by atoms with Gasteiger partial charge in [0.1, 0.15) is 0 Å². The molecule has 1 aliphatic heterocycles. The Morgan fingerprint density at radius 3 is 2.58 bits per heavy atom. The second-order valence-corrected chi connectivity index (χ2v) is 8.57. The van der Waals surface area contributed by atoms with Crippen LogP contribution in [0.25, 0.3) is 22.0 Å². The van der Waals surface area contributed by atoms with Crippen molar-refractivity contribution in [2.75, 3.05) is 13.1 Å². The van der Waals surface area contributed by atoms with Gasteiger partial charge in [0.25, 0.3) is 5.91 Å². The molecular weight excluding hydrogens is 412 g/mol. The Hall–Kier alpha value is -4.06. The predicted octanol–water partition coefficient (Wildman–Crippen LogP) is 3.86. The smallest absolute Gasteiger partial charge is 0.254 e. The highest BCUT2D eigenvalue weighted by atomic mass is 16.2. The van der Waals surface area contributed by atoms with Crippen LogP contribution in [0.1, 0.15) is 22.3 Å². The van der Waals surface area contributed by atoms with Gasteiger partial charge < -0.3 is 10.6 Å². The zero-order valence-electron chi connectivity index (χ0n) is 18.1. The van der Waals surface area contributed by atoms with Crippen LogP contribution < -0.4 is 5.73 Å². The number of likely N-dealkylation sites (tertiary alicyclic amines) is 1. The molecule has 1 atom stereocenters. The topological polar surface area (TPSA) is 89.2 Å². The second kappa shape index (κ2) is 8.47. The number of hydrogen-bond donors (Lipinski definition) is 1. The van der Waals surface area contributed by atoms with Gasteiger partial charge in [0, 0.05) is 42.6 Å². The first kappa shape index (κ1) is 20.8. The van der Waals surface area contributed by atoms with Gasteiger partial charge >= 0.3 is 0 Å². The Labute approximate surface area is 192 Å². The van der Waals surface area contributed by atoms with Crippen LogP contribution in [0.15, 0.2) is 85.3 Å². The average molecular weight is 437 g/mol. The van der Waals surface area contributed by atoms with E-state index in [1.807, 2.05) is 66.7 Å². The number of carbonyl (C=O) groups excluding carboxylic acids is 2. The highest BCUT2D eigenvalue weighted by Gasteiger charge is 2.45. The van der Waals surface area contributed by atoms with Gasteiger partial charge in [-0.2, -0.15) is 0 Å². The zero-order valence-corrected chi connectivity index (χ0v) is 18.1. The lowest BCUT2D eigenvalue weighted by Crippen LogP contribution is -2.42. The SMILES string of the molecule is NC(=O)C1(Cc2ccccc2-c2ccncc2)CCN(C(=O)c2cccc3ncccc23)C1. The standard InChI is InChI=1S/C27H24N4O2/c28-26(33)27(17-20-5-1-2-6-21(20)19-10-14-29-15-11-19)12-16-31(18-27)25(32)23-7-3-9-24-22(23)8-4-13-30-24/h1-11,13-15H,12,16-18H2,(H2,28,33). The zero-order chi connectivity index (χ0) is 22.8. The Morgan fingerprint density at radius 1 is 0.939 bits per heavy atom. The van der Waals surface area contributed by atoms with Crippen molar-refractivity contribution >= 4 is 22.7 Å². The lowest BCUT2D eigenvalue weighted by Gasteiger charge is -2.27. The maximum absolute atomic E-state index is 13.5. The fraction of sp³-hybridized carbons (Fsp3) is 0.185. The van der Waals surface area contributed by atoms with E-state index in [0.717, 1.165) is 27.6 Å². The van der Waals surface area contributed by atoms with E-state index in [1.165, 1.54) is 0 Å². The molecule has 2 aromatic heterocycles. The molecule has 2 amide bonds. The number of aromatic nitrogens is 2. The van der Waals surface area contributed by atoms with Gasteiger partial charge in [0.2, 0.25) is 5.91 Å². The van der Waals surface area contributed by atoms with Crippen LogP contribution in [0, 0.1) is 5.41 Å². The van der Waals surface area contributed by atoms with Crippen molar-refractivity contribution in [1.82, 2.24) is 14.9 Å². The molecule has 2 N–H and O–H groups in total. The molecule has 0 bridgehead atoms. The van der Waals surface area contributed by atoms with E-state index in [9.17, 15) is 9.59 Å². The molecule has 6 heteroatoms. The summed E-state index contributed by atoms with van der Waals surface area (Å²) in [6, 6.07) is 21.2. The first-order valence-electron chi connectivity index (χ1n) is 11.0. The van der Waals surface area contributed by atoms with Gasteiger partial charge in [-0.1, -0.05) is 36.4 Å². The van der Waals surface area contributed by atoms with Gasteiger partial charge in [-0.25, -0.2) is 0 Å². The molecule has 0 aliphatic carbocycles. The normalized spacial score (nSPS) is 17.9. The third-order valence-corrected chi connectivity index (χ3v) is 6.58. The highest BCUT2D eigenvalue weighted by molar-refractivity contribution is 6.06. The number of carbonyl (C=O) groups is 2. The van der Waals surface area contributed by atoms with Crippen molar-refractivity contribution in [2.24, 2.45) is 11.1 Å². The van der Waals surface area contributed by atoms with Crippen LogP contribution in [-0.2, 0) is 11.2 Å². The molecule has 0 radical (unpaired) electrons. The summed E-state index contributed by atoms with van der Waals surface area (Å²) < 4.78 is 0. The Kier molecular flexibility index (Phi) is 5.34. The van der Waals surface area contributed by atoms with E-state index in [2.05, 4.69) is 9.97 Å². The lowest BCUT2D eigenvalue weighted by atomic mass is 9.78. The van der Waals surface area contributed by atoms with Gasteiger partial charge in [-0.05, 0) is 59.9 Å². The van der Waals surface area contributed by atoms with E-state index in [0.29, 0.717) is 31.5 Å². The summed E-state index contributed by atoms with van der Waals surface area (Å²) in [5.41, 5.74) is 9.63. The molecule has 5 rings (SSSR count). The van der Waals surface area contributed by atoms with E-state index in [-0.39, 0.29) is 11.8 Å². The van der Waals surface area contributed by atoms with Crippen molar-refractivity contribution in [1.29, 1.82) is 0 Å². The van der Waals surface area contributed by atoms with Crippen molar-refractivity contribution in [3.63, 3.8) is 0 Å². The molecule has 6 nitrogen and oxygen atoms in total. The van der Waals surface area contributed by atoms with Crippen LogP contribution in [0.3, 0.4) is 0 Å². The van der Waals surface area contributed by atoms with Crippen LogP contribution in [0.4, 0.5) is 0 Å². The van der Waals surface area contributed by atoms with Gasteiger partial charge in [0.05, 0.1) is 10.9 Å². The molecule has 3 heterocycles.